The SMILES string of the molecule is CCC(C)(C)N(C)Cc1cccnc1NN. The van der Waals surface area contributed by atoms with E-state index in [4.69, 9.17) is 5.84 Å². The highest BCUT2D eigenvalue weighted by Gasteiger charge is 2.21. The van der Waals surface area contributed by atoms with E-state index in [-0.39, 0.29) is 5.54 Å². The van der Waals surface area contributed by atoms with Gasteiger partial charge in [-0.2, -0.15) is 0 Å². The smallest absolute Gasteiger partial charge is 0.144 e. The van der Waals surface area contributed by atoms with Crippen LogP contribution >= 0.6 is 0 Å². The lowest BCUT2D eigenvalue weighted by Crippen LogP contribution is -2.40. The Morgan fingerprint density at radius 3 is 2.75 bits per heavy atom. The zero-order chi connectivity index (χ0) is 12.2. The summed E-state index contributed by atoms with van der Waals surface area (Å²) in [6.07, 6.45) is 2.85. The van der Waals surface area contributed by atoms with E-state index in [2.05, 4.69) is 43.1 Å². The molecule has 0 fully saturated rings. The van der Waals surface area contributed by atoms with Crippen molar-refractivity contribution in [1.29, 1.82) is 0 Å². The molecule has 1 aromatic heterocycles. The van der Waals surface area contributed by atoms with Gasteiger partial charge in [-0.15, -0.1) is 0 Å². The van der Waals surface area contributed by atoms with Crippen molar-refractivity contribution in [2.24, 2.45) is 5.84 Å². The molecule has 0 unspecified atom stereocenters. The van der Waals surface area contributed by atoms with Crippen LogP contribution in [-0.2, 0) is 6.54 Å². The third-order valence-electron chi connectivity index (χ3n) is 3.33. The van der Waals surface area contributed by atoms with Crippen molar-refractivity contribution in [3.63, 3.8) is 0 Å². The molecule has 0 radical (unpaired) electrons. The summed E-state index contributed by atoms with van der Waals surface area (Å²) in [7, 11) is 2.12. The number of nitrogens with two attached hydrogens (primary N) is 1. The largest absolute Gasteiger partial charge is 0.308 e. The molecule has 4 heteroatoms. The Labute approximate surface area is 97.8 Å². The first-order chi connectivity index (χ1) is 7.51. The maximum atomic E-state index is 5.44. The molecule has 0 amide bonds. The third kappa shape index (κ3) is 2.93. The fraction of sp³-hybridized carbons (Fsp3) is 0.583. The Morgan fingerprint density at radius 2 is 2.19 bits per heavy atom. The van der Waals surface area contributed by atoms with E-state index in [0.717, 1.165) is 24.3 Å². The van der Waals surface area contributed by atoms with Crippen LogP contribution in [0.25, 0.3) is 0 Å². The van der Waals surface area contributed by atoms with Gasteiger partial charge in [0.15, 0.2) is 0 Å². The lowest BCUT2D eigenvalue weighted by atomic mass is 9.99. The molecule has 3 N–H and O–H groups in total. The topological polar surface area (TPSA) is 54.2 Å². The zero-order valence-corrected chi connectivity index (χ0v) is 10.6. The second-order valence-corrected chi connectivity index (χ2v) is 4.68. The Bertz CT molecular complexity index is 336. The summed E-state index contributed by atoms with van der Waals surface area (Å²) in [4.78, 5) is 6.51. The average molecular weight is 222 g/mol. The number of aromatic nitrogens is 1. The molecule has 4 nitrogen and oxygen atoms in total. The molecule has 0 aliphatic carbocycles. The second kappa shape index (κ2) is 5.27. The van der Waals surface area contributed by atoms with Crippen LogP contribution in [0.4, 0.5) is 5.82 Å². The Kier molecular flexibility index (Phi) is 4.26. The highest BCUT2D eigenvalue weighted by molar-refractivity contribution is 5.42. The van der Waals surface area contributed by atoms with Crippen molar-refractivity contribution in [3.8, 4) is 0 Å². The van der Waals surface area contributed by atoms with Crippen molar-refractivity contribution in [3.05, 3.63) is 23.9 Å². The highest BCUT2D eigenvalue weighted by Crippen LogP contribution is 2.21. The molecule has 0 spiro atoms. The molecule has 0 aliphatic rings. The number of hydrazine groups is 1. The van der Waals surface area contributed by atoms with Gasteiger partial charge in [0.2, 0.25) is 0 Å². The first kappa shape index (κ1) is 12.9. The summed E-state index contributed by atoms with van der Waals surface area (Å²) in [6.45, 7) is 7.51. The maximum Gasteiger partial charge on any atom is 0.144 e. The standard InChI is InChI=1S/C12H22N4/c1-5-12(2,3)16(4)9-10-7-6-8-14-11(10)15-13/h6-8H,5,9,13H2,1-4H3,(H,14,15). The molecular formula is C12H22N4. The van der Waals surface area contributed by atoms with Crippen LogP contribution in [0.15, 0.2) is 18.3 Å². The molecule has 0 aliphatic heterocycles. The van der Waals surface area contributed by atoms with Gasteiger partial charge in [-0.3, -0.25) is 4.90 Å². The minimum atomic E-state index is 0.182. The Hall–Kier alpha value is -1.13. The lowest BCUT2D eigenvalue weighted by Gasteiger charge is -2.35. The fourth-order valence-electron chi connectivity index (χ4n) is 1.44. The van der Waals surface area contributed by atoms with Crippen molar-refractivity contribution in [2.45, 2.75) is 39.3 Å². The van der Waals surface area contributed by atoms with E-state index in [0.29, 0.717) is 0 Å². The van der Waals surface area contributed by atoms with Gasteiger partial charge in [-0.05, 0) is 33.4 Å². The van der Waals surface area contributed by atoms with Crippen LogP contribution in [-0.4, -0.2) is 22.5 Å². The summed E-state index contributed by atoms with van der Waals surface area (Å²) in [5.74, 6) is 6.19. The maximum absolute atomic E-state index is 5.44. The van der Waals surface area contributed by atoms with E-state index in [1.165, 1.54) is 0 Å². The number of rotatable bonds is 5. The number of nitrogens with zero attached hydrogens (tertiary/aromatic N) is 2. The molecule has 16 heavy (non-hydrogen) atoms. The van der Waals surface area contributed by atoms with Gasteiger partial charge in [0.05, 0.1) is 0 Å². The predicted octanol–water partition coefficient (Wildman–Crippen LogP) is 1.99. The third-order valence-corrected chi connectivity index (χ3v) is 3.33. The number of hydrogen-bond acceptors (Lipinski definition) is 4. The van der Waals surface area contributed by atoms with E-state index in [9.17, 15) is 0 Å². The average Bonchev–Trinajstić information content (AvgIpc) is 2.29. The Balaban J connectivity index is 2.80. The molecule has 1 rings (SSSR count). The number of nitrogen functional groups attached to an aromatic ring is 1. The van der Waals surface area contributed by atoms with Crippen LogP contribution in [0.1, 0.15) is 32.8 Å². The minimum absolute atomic E-state index is 0.182. The van der Waals surface area contributed by atoms with Crippen molar-refractivity contribution in [1.82, 2.24) is 9.88 Å². The summed E-state index contributed by atoms with van der Waals surface area (Å²) >= 11 is 0. The molecular weight excluding hydrogens is 200 g/mol. The lowest BCUT2D eigenvalue weighted by molar-refractivity contribution is 0.143. The van der Waals surface area contributed by atoms with Crippen LogP contribution in [0, 0.1) is 0 Å². The highest BCUT2D eigenvalue weighted by atomic mass is 15.3. The summed E-state index contributed by atoms with van der Waals surface area (Å²) in [5.41, 5.74) is 3.93. The molecule has 0 saturated carbocycles. The number of pyridine rings is 1. The van der Waals surface area contributed by atoms with Crippen LogP contribution < -0.4 is 11.3 Å². The molecule has 0 bridgehead atoms. The van der Waals surface area contributed by atoms with E-state index in [1.54, 1.807) is 6.20 Å². The van der Waals surface area contributed by atoms with Crippen LogP contribution in [0.3, 0.4) is 0 Å². The van der Waals surface area contributed by atoms with E-state index >= 15 is 0 Å². The molecule has 0 saturated heterocycles. The fourth-order valence-corrected chi connectivity index (χ4v) is 1.44. The van der Waals surface area contributed by atoms with Crippen molar-refractivity contribution < 1.29 is 0 Å². The van der Waals surface area contributed by atoms with Crippen molar-refractivity contribution in [2.75, 3.05) is 12.5 Å². The van der Waals surface area contributed by atoms with Gasteiger partial charge >= 0.3 is 0 Å². The quantitative estimate of drug-likeness (QED) is 0.591. The van der Waals surface area contributed by atoms with Gasteiger partial charge < -0.3 is 5.43 Å². The molecule has 1 aromatic rings. The van der Waals surface area contributed by atoms with Gasteiger partial charge in [0, 0.05) is 23.8 Å². The Morgan fingerprint density at radius 1 is 1.50 bits per heavy atom. The van der Waals surface area contributed by atoms with Gasteiger partial charge in [0.25, 0.3) is 0 Å². The second-order valence-electron chi connectivity index (χ2n) is 4.68. The number of anilines is 1. The van der Waals surface area contributed by atoms with Crippen molar-refractivity contribution >= 4 is 5.82 Å². The monoisotopic (exact) mass is 222 g/mol. The summed E-state index contributed by atoms with van der Waals surface area (Å²) in [6, 6.07) is 3.98. The van der Waals surface area contributed by atoms with Gasteiger partial charge in [-0.1, -0.05) is 13.0 Å². The van der Waals surface area contributed by atoms with Gasteiger partial charge in [0.1, 0.15) is 5.82 Å². The molecule has 0 atom stereocenters. The molecule has 90 valence electrons. The first-order valence-corrected chi connectivity index (χ1v) is 5.63. The van der Waals surface area contributed by atoms with E-state index < -0.39 is 0 Å². The summed E-state index contributed by atoms with van der Waals surface area (Å²) < 4.78 is 0. The van der Waals surface area contributed by atoms with E-state index in [1.807, 2.05) is 12.1 Å². The van der Waals surface area contributed by atoms with Crippen LogP contribution in [0.5, 0.6) is 0 Å². The molecule has 1 heterocycles. The van der Waals surface area contributed by atoms with Crippen LogP contribution in [0.2, 0.25) is 0 Å². The molecule has 0 aromatic carbocycles. The zero-order valence-electron chi connectivity index (χ0n) is 10.6. The number of hydrogen-bond donors (Lipinski definition) is 2. The first-order valence-electron chi connectivity index (χ1n) is 5.63. The normalized spacial score (nSPS) is 11.9. The number of nitrogens with one attached hydrogen (secondary N) is 1. The summed E-state index contributed by atoms with van der Waals surface area (Å²) in [5, 5.41) is 0. The predicted molar refractivity (Wildman–Crippen MR) is 67.9 cm³/mol. The minimum Gasteiger partial charge on any atom is -0.308 e. The van der Waals surface area contributed by atoms with Gasteiger partial charge in [-0.25, -0.2) is 10.8 Å².